The summed E-state index contributed by atoms with van der Waals surface area (Å²) < 4.78 is 25.6. The number of rotatable bonds is 8. The first-order valence-corrected chi connectivity index (χ1v) is 12.3. The molecule has 5 nitrogen and oxygen atoms in total. The quantitative estimate of drug-likeness (QED) is 0.538. The van der Waals surface area contributed by atoms with E-state index in [1.54, 1.807) is 18.2 Å². The van der Waals surface area contributed by atoms with Crippen LogP contribution in [-0.2, 0) is 21.2 Å². The highest BCUT2D eigenvalue weighted by molar-refractivity contribution is 7.92. The number of anilines is 1. The maximum absolute atomic E-state index is 12.5. The Hall–Kier alpha value is -2.57. The summed E-state index contributed by atoms with van der Waals surface area (Å²) in [7, 11) is -3.64. The molecule has 0 radical (unpaired) electrons. The molecular weight excluding hydrogens is 432 g/mol. The van der Waals surface area contributed by atoms with Crippen molar-refractivity contribution in [2.75, 3.05) is 23.7 Å². The van der Waals surface area contributed by atoms with Crippen molar-refractivity contribution in [1.82, 2.24) is 5.32 Å². The average Bonchev–Trinajstić information content (AvgIpc) is 2.72. The molecule has 1 amide bonds. The molecule has 0 aliphatic rings. The van der Waals surface area contributed by atoms with Gasteiger partial charge in [0.25, 0.3) is 0 Å². The summed E-state index contributed by atoms with van der Waals surface area (Å²) in [5.74, 6) is -0.165. The summed E-state index contributed by atoms with van der Waals surface area (Å²) in [5, 5.41) is 5.73. The van der Waals surface area contributed by atoms with Gasteiger partial charge in [-0.25, -0.2) is 8.42 Å². The topological polar surface area (TPSA) is 66.5 Å². The number of carbonyl (C=O) groups is 1. The van der Waals surface area contributed by atoms with Crippen LogP contribution in [0.5, 0.6) is 0 Å². The minimum Gasteiger partial charge on any atom is -0.354 e. The first-order valence-electron chi connectivity index (χ1n) is 10.1. The van der Waals surface area contributed by atoms with E-state index in [4.69, 9.17) is 11.6 Å². The predicted molar refractivity (Wildman–Crippen MR) is 128 cm³/mol. The van der Waals surface area contributed by atoms with Crippen molar-refractivity contribution in [3.63, 3.8) is 0 Å². The number of hydrogen-bond acceptors (Lipinski definition) is 3. The van der Waals surface area contributed by atoms with Crippen LogP contribution in [0, 0.1) is 12.8 Å². The van der Waals surface area contributed by atoms with Gasteiger partial charge in [-0.3, -0.25) is 9.10 Å². The van der Waals surface area contributed by atoms with Crippen molar-refractivity contribution in [1.29, 1.82) is 0 Å². The normalized spacial score (nSPS) is 12.5. The maximum atomic E-state index is 12.5. The van der Waals surface area contributed by atoms with Crippen LogP contribution in [0.2, 0.25) is 5.02 Å². The fraction of sp³-hybridized carbons (Fsp3) is 0.292. The van der Waals surface area contributed by atoms with E-state index >= 15 is 0 Å². The summed E-state index contributed by atoms with van der Waals surface area (Å²) >= 11 is 6.14. The summed E-state index contributed by atoms with van der Waals surface area (Å²) in [6.45, 7) is 4.06. The third kappa shape index (κ3) is 5.99. The lowest BCUT2D eigenvalue weighted by atomic mass is 9.96. The van der Waals surface area contributed by atoms with E-state index in [0.29, 0.717) is 17.3 Å². The minimum absolute atomic E-state index is 0.190. The Kier molecular flexibility index (Phi) is 7.23. The van der Waals surface area contributed by atoms with E-state index in [-0.39, 0.29) is 18.4 Å². The van der Waals surface area contributed by atoms with Gasteiger partial charge in [-0.05, 0) is 53.3 Å². The number of nitrogens with one attached hydrogen (secondary N) is 1. The number of halogens is 1. The molecule has 3 rings (SSSR count). The summed E-state index contributed by atoms with van der Waals surface area (Å²) in [6.07, 6.45) is 1.89. The number of sulfonamides is 1. The zero-order valence-electron chi connectivity index (χ0n) is 17.9. The summed E-state index contributed by atoms with van der Waals surface area (Å²) in [5.41, 5.74) is 2.44. The fourth-order valence-electron chi connectivity index (χ4n) is 3.53. The average molecular weight is 459 g/mol. The van der Waals surface area contributed by atoms with Crippen LogP contribution in [0.15, 0.2) is 60.7 Å². The van der Waals surface area contributed by atoms with E-state index in [2.05, 4.69) is 36.5 Å². The van der Waals surface area contributed by atoms with Crippen LogP contribution in [0.1, 0.15) is 18.1 Å². The van der Waals surface area contributed by atoms with Crippen molar-refractivity contribution in [3.8, 4) is 0 Å². The molecule has 0 bridgehead atoms. The Morgan fingerprint density at radius 1 is 1.10 bits per heavy atom. The van der Waals surface area contributed by atoms with E-state index in [1.807, 2.05) is 25.1 Å². The van der Waals surface area contributed by atoms with E-state index in [9.17, 15) is 13.2 Å². The smallest absolute Gasteiger partial charge is 0.240 e. The van der Waals surface area contributed by atoms with Crippen molar-refractivity contribution in [2.45, 2.75) is 20.3 Å². The number of nitrogens with zero attached hydrogens (tertiary/aromatic N) is 1. The lowest BCUT2D eigenvalue weighted by Gasteiger charge is -2.23. The Morgan fingerprint density at radius 3 is 2.52 bits per heavy atom. The lowest BCUT2D eigenvalue weighted by Crippen LogP contribution is -2.41. The Labute approximate surface area is 189 Å². The number of benzene rings is 3. The van der Waals surface area contributed by atoms with Gasteiger partial charge in [-0.15, -0.1) is 0 Å². The zero-order valence-corrected chi connectivity index (χ0v) is 19.5. The molecule has 0 saturated carbocycles. The zero-order chi connectivity index (χ0) is 22.6. The standard InChI is InChI=1S/C24H27ClN2O3S/c1-17(13-20-9-6-8-19-7-4-5-10-22(19)20)15-26-24(28)16-27(31(3,29)30)21-12-11-18(2)23(25)14-21/h4-12,14,17H,13,15-16H2,1-3H3,(H,26,28). The molecular formula is C24H27ClN2O3S. The molecule has 1 N–H and O–H groups in total. The third-order valence-electron chi connectivity index (χ3n) is 5.23. The molecule has 0 aromatic heterocycles. The molecule has 1 unspecified atom stereocenters. The van der Waals surface area contributed by atoms with Crippen molar-refractivity contribution in [3.05, 3.63) is 76.8 Å². The molecule has 0 heterocycles. The first-order chi connectivity index (χ1) is 14.6. The molecule has 0 saturated heterocycles. The molecule has 1 atom stereocenters. The van der Waals surface area contributed by atoms with Gasteiger partial charge in [-0.1, -0.05) is 67.1 Å². The van der Waals surface area contributed by atoms with Gasteiger partial charge in [0.1, 0.15) is 6.54 Å². The second-order valence-electron chi connectivity index (χ2n) is 7.95. The van der Waals surface area contributed by atoms with Crippen molar-refractivity contribution in [2.24, 2.45) is 5.92 Å². The van der Waals surface area contributed by atoms with Crippen molar-refractivity contribution < 1.29 is 13.2 Å². The van der Waals surface area contributed by atoms with Crippen LogP contribution in [0.3, 0.4) is 0 Å². The van der Waals surface area contributed by atoms with Gasteiger partial charge < -0.3 is 5.32 Å². The largest absolute Gasteiger partial charge is 0.354 e. The third-order valence-corrected chi connectivity index (χ3v) is 6.77. The highest BCUT2D eigenvalue weighted by atomic mass is 35.5. The summed E-state index contributed by atoms with van der Waals surface area (Å²) in [4.78, 5) is 12.5. The Morgan fingerprint density at radius 2 is 1.81 bits per heavy atom. The molecule has 3 aromatic carbocycles. The van der Waals surface area contributed by atoms with Crippen LogP contribution >= 0.6 is 11.6 Å². The fourth-order valence-corrected chi connectivity index (χ4v) is 4.55. The monoisotopic (exact) mass is 458 g/mol. The molecule has 7 heteroatoms. The second-order valence-corrected chi connectivity index (χ2v) is 10.3. The predicted octanol–water partition coefficient (Wildman–Crippen LogP) is 4.56. The van der Waals surface area contributed by atoms with Gasteiger partial charge in [-0.2, -0.15) is 0 Å². The molecule has 3 aromatic rings. The SMILES string of the molecule is Cc1ccc(N(CC(=O)NCC(C)Cc2cccc3ccccc23)S(C)(=O)=O)cc1Cl. The van der Waals surface area contributed by atoms with Gasteiger partial charge in [0.05, 0.1) is 11.9 Å². The van der Waals surface area contributed by atoms with E-state index in [0.717, 1.165) is 22.5 Å². The molecule has 31 heavy (non-hydrogen) atoms. The first kappa shape index (κ1) is 23.1. The van der Waals surface area contributed by atoms with Gasteiger partial charge in [0, 0.05) is 11.6 Å². The minimum atomic E-state index is -3.64. The molecule has 164 valence electrons. The Bertz CT molecular complexity index is 1190. The van der Waals surface area contributed by atoms with Gasteiger partial charge >= 0.3 is 0 Å². The van der Waals surface area contributed by atoms with E-state index < -0.39 is 10.0 Å². The molecule has 0 spiro atoms. The number of carbonyl (C=O) groups excluding carboxylic acids is 1. The van der Waals surface area contributed by atoms with Crippen LogP contribution < -0.4 is 9.62 Å². The lowest BCUT2D eigenvalue weighted by molar-refractivity contribution is -0.119. The van der Waals surface area contributed by atoms with E-state index in [1.165, 1.54) is 16.3 Å². The second kappa shape index (κ2) is 9.71. The van der Waals surface area contributed by atoms with Crippen molar-refractivity contribution >= 4 is 44.0 Å². The number of aryl methyl sites for hydroxylation is 1. The van der Waals surface area contributed by atoms with Crippen LogP contribution in [0.4, 0.5) is 5.69 Å². The molecule has 0 fully saturated rings. The van der Waals surface area contributed by atoms with Crippen LogP contribution in [0.25, 0.3) is 10.8 Å². The summed E-state index contributed by atoms with van der Waals surface area (Å²) in [6, 6.07) is 19.4. The molecule has 0 aliphatic carbocycles. The number of fused-ring (bicyclic) bond motifs is 1. The highest BCUT2D eigenvalue weighted by Crippen LogP contribution is 2.25. The highest BCUT2D eigenvalue weighted by Gasteiger charge is 2.21. The van der Waals surface area contributed by atoms with Gasteiger partial charge in [0.15, 0.2) is 0 Å². The molecule has 0 aliphatic heterocycles. The Balaban J connectivity index is 1.64. The van der Waals surface area contributed by atoms with Gasteiger partial charge in [0.2, 0.25) is 15.9 Å². The number of amides is 1. The number of hydrogen-bond donors (Lipinski definition) is 1. The maximum Gasteiger partial charge on any atom is 0.240 e. The van der Waals surface area contributed by atoms with Crippen LogP contribution in [-0.4, -0.2) is 33.7 Å².